The Morgan fingerprint density at radius 1 is 1.44 bits per heavy atom. The summed E-state index contributed by atoms with van der Waals surface area (Å²) in [6, 6.07) is -0.831. The molecule has 0 aliphatic carbocycles. The number of aryl methyl sites for hydroxylation is 1. The quantitative estimate of drug-likeness (QED) is 0.863. The summed E-state index contributed by atoms with van der Waals surface area (Å²) in [6.45, 7) is 7.55. The van der Waals surface area contributed by atoms with Crippen LogP contribution in [0.2, 0.25) is 0 Å². The Bertz CT molecular complexity index is 453. The van der Waals surface area contributed by atoms with Crippen LogP contribution in [0.3, 0.4) is 0 Å². The van der Waals surface area contributed by atoms with E-state index in [0.29, 0.717) is 12.0 Å². The molecule has 1 rings (SSSR count). The summed E-state index contributed by atoms with van der Waals surface area (Å²) in [7, 11) is 0. The van der Waals surface area contributed by atoms with Crippen molar-refractivity contribution < 1.29 is 14.7 Å². The molecule has 2 atom stereocenters. The van der Waals surface area contributed by atoms with Gasteiger partial charge in [-0.1, -0.05) is 20.3 Å². The molecule has 100 valence electrons. The number of thiophene rings is 1. The molecule has 0 saturated carbocycles. The molecular formula is C13H19NO3S. The predicted molar refractivity (Wildman–Crippen MR) is 72.1 cm³/mol. The van der Waals surface area contributed by atoms with Gasteiger partial charge in [-0.2, -0.15) is 0 Å². The van der Waals surface area contributed by atoms with Gasteiger partial charge in [0.05, 0.1) is 5.56 Å². The number of aliphatic carboxylic acids is 1. The second-order valence-corrected chi connectivity index (χ2v) is 5.59. The van der Waals surface area contributed by atoms with Crippen molar-refractivity contribution in [1.82, 2.24) is 5.32 Å². The van der Waals surface area contributed by atoms with Crippen LogP contribution < -0.4 is 5.32 Å². The number of carbonyl (C=O) groups is 2. The Kier molecular flexibility index (Phi) is 4.90. The van der Waals surface area contributed by atoms with Crippen molar-refractivity contribution in [2.75, 3.05) is 0 Å². The van der Waals surface area contributed by atoms with Gasteiger partial charge in [0.1, 0.15) is 6.04 Å². The molecule has 4 nitrogen and oxygen atoms in total. The first-order valence-corrected chi connectivity index (χ1v) is 6.84. The Morgan fingerprint density at radius 3 is 2.44 bits per heavy atom. The van der Waals surface area contributed by atoms with Crippen LogP contribution in [0.5, 0.6) is 0 Å². The highest BCUT2D eigenvalue weighted by molar-refractivity contribution is 7.10. The van der Waals surface area contributed by atoms with Crippen LogP contribution >= 0.6 is 11.3 Å². The second kappa shape index (κ2) is 6.00. The molecule has 5 heteroatoms. The maximum absolute atomic E-state index is 12.0. The Balaban J connectivity index is 2.85. The lowest BCUT2D eigenvalue weighted by atomic mass is 9.99. The van der Waals surface area contributed by atoms with E-state index in [2.05, 4.69) is 5.32 Å². The summed E-state index contributed by atoms with van der Waals surface area (Å²) in [4.78, 5) is 24.3. The molecule has 0 aliphatic rings. The molecule has 1 aromatic rings. The SMILES string of the molecule is CC[C@H](C)[C@H](NC(=O)c1csc(C)c1C)C(=O)O. The van der Waals surface area contributed by atoms with Gasteiger partial charge >= 0.3 is 5.97 Å². The Hall–Kier alpha value is -1.36. The number of hydrogen-bond donors (Lipinski definition) is 2. The smallest absolute Gasteiger partial charge is 0.326 e. The first-order chi connectivity index (χ1) is 8.38. The van der Waals surface area contributed by atoms with E-state index >= 15 is 0 Å². The second-order valence-electron chi connectivity index (χ2n) is 4.51. The highest BCUT2D eigenvalue weighted by Gasteiger charge is 2.26. The van der Waals surface area contributed by atoms with Gasteiger partial charge in [0.15, 0.2) is 0 Å². The molecule has 0 aliphatic heterocycles. The average molecular weight is 269 g/mol. The van der Waals surface area contributed by atoms with E-state index in [1.165, 1.54) is 11.3 Å². The van der Waals surface area contributed by atoms with E-state index in [-0.39, 0.29) is 11.8 Å². The first kappa shape index (κ1) is 14.7. The minimum Gasteiger partial charge on any atom is -0.480 e. The molecule has 0 saturated heterocycles. The van der Waals surface area contributed by atoms with Gasteiger partial charge in [-0.15, -0.1) is 11.3 Å². The van der Waals surface area contributed by atoms with Crippen LogP contribution in [-0.2, 0) is 4.79 Å². The predicted octanol–water partition coefficient (Wildman–Crippen LogP) is 2.59. The number of rotatable bonds is 5. The molecular weight excluding hydrogens is 250 g/mol. The molecule has 0 aromatic carbocycles. The van der Waals surface area contributed by atoms with E-state index < -0.39 is 12.0 Å². The summed E-state index contributed by atoms with van der Waals surface area (Å²) < 4.78 is 0. The summed E-state index contributed by atoms with van der Waals surface area (Å²) in [5.41, 5.74) is 1.50. The third kappa shape index (κ3) is 3.10. The normalized spacial score (nSPS) is 14.0. The third-order valence-electron chi connectivity index (χ3n) is 3.30. The molecule has 0 spiro atoms. The summed E-state index contributed by atoms with van der Waals surface area (Å²) in [5, 5.41) is 13.5. The fraction of sp³-hybridized carbons (Fsp3) is 0.538. The summed E-state index contributed by atoms with van der Waals surface area (Å²) in [6.07, 6.45) is 0.707. The van der Waals surface area contributed by atoms with Crippen LogP contribution in [0.4, 0.5) is 0 Å². The Morgan fingerprint density at radius 2 is 2.06 bits per heavy atom. The van der Waals surface area contributed by atoms with E-state index in [9.17, 15) is 9.59 Å². The highest BCUT2D eigenvalue weighted by atomic mass is 32.1. The van der Waals surface area contributed by atoms with Crippen LogP contribution in [0.15, 0.2) is 5.38 Å². The molecule has 0 bridgehead atoms. The van der Waals surface area contributed by atoms with Gasteiger partial charge in [-0.25, -0.2) is 4.79 Å². The standard InChI is InChI=1S/C13H19NO3S/c1-5-7(2)11(13(16)17)14-12(15)10-6-18-9(4)8(10)3/h6-7,11H,5H2,1-4H3,(H,14,15)(H,16,17)/t7-,11-/m0/s1. The number of nitrogens with one attached hydrogen (secondary N) is 1. The van der Waals surface area contributed by atoms with Gasteiger partial charge in [0.2, 0.25) is 0 Å². The number of amides is 1. The zero-order valence-electron chi connectivity index (χ0n) is 11.1. The number of carboxylic acid groups (broad SMARTS) is 1. The van der Waals surface area contributed by atoms with Crippen LogP contribution in [0.25, 0.3) is 0 Å². The molecule has 0 unspecified atom stereocenters. The van der Waals surface area contributed by atoms with Gasteiger partial charge in [0.25, 0.3) is 5.91 Å². The lowest BCUT2D eigenvalue weighted by molar-refractivity contribution is -0.140. The molecule has 1 aromatic heterocycles. The summed E-state index contributed by atoms with van der Waals surface area (Å²) in [5.74, 6) is -1.38. The lowest BCUT2D eigenvalue weighted by Crippen LogP contribution is -2.45. The minimum absolute atomic E-state index is 0.0912. The monoisotopic (exact) mass is 269 g/mol. The van der Waals surface area contributed by atoms with Gasteiger partial charge in [-0.05, 0) is 25.3 Å². The van der Waals surface area contributed by atoms with Crippen molar-refractivity contribution in [3.05, 3.63) is 21.4 Å². The maximum atomic E-state index is 12.0. The number of hydrogen-bond acceptors (Lipinski definition) is 3. The zero-order valence-corrected chi connectivity index (χ0v) is 11.9. The van der Waals surface area contributed by atoms with E-state index in [1.54, 1.807) is 5.38 Å². The largest absolute Gasteiger partial charge is 0.480 e. The van der Waals surface area contributed by atoms with Crippen molar-refractivity contribution in [2.24, 2.45) is 5.92 Å². The molecule has 0 radical (unpaired) electrons. The van der Waals surface area contributed by atoms with Crippen LogP contribution in [0, 0.1) is 19.8 Å². The molecule has 0 fully saturated rings. The van der Waals surface area contributed by atoms with E-state index in [4.69, 9.17) is 5.11 Å². The van der Waals surface area contributed by atoms with Gasteiger partial charge < -0.3 is 10.4 Å². The van der Waals surface area contributed by atoms with Gasteiger partial charge in [-0.3, -0.25) is 4.79 Å². The highest BCUT2D eigenvalue weighted by Crippen LogP contribution is 2.21. The van der Waals surface area contributed by atoms with Crippen molar-refractivity contribution in [3.8, 4) is 0 Å². The maximum Gasteiger partial charge on any atom is 0.326 e. The first-order valence-electron chi connectivity index (χ1n) is 5.96. The number of carbonyl (C=O) groups excluding carboxylic acids is 1. The van der Waals surface area contributed by atoms with E-state index in [0.717, 1.165) is 10.4 Å². The molecule has 1 heterocycles. The number of carboxylic acids is 1. The van der Waals surface area contributed by atoms with Crippen molar-refractivity contribution in [1.29, 1.82) is 0 Å². The molecule has 2 N–H and O–H groups in total. The fourth-order valence-electron chi connectivity index (χ4n) is 1.64. The third-order valence-corrected chi connectivity index (χ3v) is 4.31. The van der Waals surface area contributed by atoms with Crippen LogP contribution in [-0.4, -0.2) is 23.0 Å². The Labute approximate surface area is 111 Å². The van der Waals surface area contributed by atoms with Crippen molar-refractivity contribution >= 4 is 23.2 Å². The molecule has 1 amide bonds. The van der Waals surface area contributed by atoms with Crippen molar-refractivity contribution in [3.63, 3.8) is 0 Å². The topological polar surface area (TPSA) is 66.4 Å². The molecule has 18 heavy (non-hydrogen) atoms. The fourth-order valence-corrected chi connectivity index (χ4v) is 2.50. The summed E-state index contributed by atoms with van der Waals surface area (Å²) >= 11 is 1.50. The van der Waals surface area contributed by atoms with Crippen LogP contribution in [0.1, 0.15) is 41.1 Å². The zero-order chi connectivity index (χ0) is 13.9. The van der Waals surface area contributed by atoms with Crippen molar-refractivity contribution in [2.45, 2.75) is 40.2 Å². The minimum atomic E-state index is -0.984. The van der Waals surface area contributed by atoms with E-state index in [1.807, 2.05) is 27.7 Å². The van der Waals surface area contributed by atoms with Gasteiger partial charge in [0, 0.05) is 10.3 Å². The average Bonchev–Trinajstić information content (AvgIpc) is 2.65. The lowest BCUT2D eigenvalue weighted by Gasteiger charge is -2.20.